The first-order valence-electron chi connectivity index (χ1n) is 7.89. The lowest BCUT2D eigenvalue weighted by Gasteiger charge is -2.37. The Morgan fingerprint density at radius 2 is 2.14 bits per heavy atom. The molecule has 1 amide bonds. The van der Waals surface area contributed by atoms with Crippen molar-refractivity contribution in [1.82, 2.24) is 10.2 Å². The monoisotopic (exact) mass is 308 g/mol. The quantitative estimate of drug-likeness (QED) is 0.809. The number of nitrogens with one attached hydrogen (secondary N) is 1. The van der Waals surface area contributed by atoms with Gasteiger partial charge in [0.25, 0.3) is 0 Å². The molecule has 0 spiro atoms. The molecule has 0 heterocycles. The zero-order valence-corrected chi connectivity index (χ0v) is 13.3. The number of hydrogen-bond donors (Lipinski definition) is 2. The van der Waals surface area contributed by atoms with Gasteiger partial charge in [-0.2, -0.15) is 0 Å². The van der Waals surface area contributed by atoms with E-state index in [0.29, 0.717) is 18.0 Å². The minimum Gasteiger partial charge on any atom is -0.393 e. The van der Waals surface area contributed by atoms with Gasteiger partial charge in [0, 0.05) is 18.2 Å². The molecule has 0 aliphatic heterocycles. The predicted octanol–water partition coefficient (Wildman–Crippen LogP) is 1.92. The maximum absolute atomic E-state index is 13.6. The van der Waals surface area contributed by atoms with Crippen LogP contribution in [0.5, 0.6) is 0 Å². The molecule has 1 atom stereocenters. The van der Waals surface area contributed by atoms with E-state index in [0.717, 1.165) is 19.3 Å². The smallest absolute Gasteiger partial charge is 0.234 e. The van der Waals surface area contributed by atoms with Crippen LogP contribution in [0, 0.1) is 11.7 Å². The molecule has 1 fully saturated rings. The number of carbonyl (C=O) groups is 1. The molecule has 0 saturated heterocycles. The highest BCUT2D eigenvalue weighted by molar-refractivity contribution is 5.78. The van der Waals surface area contributed by atoms with Crippen molar-refractivity contribution in [2.75, 3.05) is 13.6 Å². The first-order chi connectivity index (χ1) is 10.5. The average molecular weight is 308 g/mol. The molecule has 2 N–H and O–H groups in total. The minimum absolute atomic E-state index is 0.0490. The lowest BCUT2D eigenvalue weighted by Crippen LogP contribution is -2.48. The van der Waals surface area contributed by atoms with E-state index in [-0.39, 0.29) is 30.4 Å². The largest absolute Gasteiger partial charge is 0.393 e. The summed E-state index contributed by atoms with van der Waals surface area (Å²) in [5.74, 6) is 0.0811. The highest BCUT2D eigenvalue weighted by Crippen LogP contribution is 2.31. The van der Waals surface area contributed by atoms with Gasteiger partial charge in [0.05, 0.1) is 12.6 Å². The second-order valence-electron chi connectivity index (χ2n) is 6.23. The van der Waals surface area contributed by atoms with Gasteiger partial charge in [0.15, 0.2) is 0 Å². The van der Waals surface area contributed by atoms with Crippen LogP contribution in [0.3, 0.4) is 0 Å². The summed E-state index contributed by atoms with van der Waals surface area (Å²) in [6.07, 6.45) is 2.19. The summed E-state index contributed by atoms with van der Waals surface area (Å²) in [5, 5.41) is 12.4. The summed E-state index contributed by atoms with van der Waals surface area (Å²) in [6.45, 7) is 2.68. The molecule has 1 aromatic rings. The third-order valence-corrected chi connectivity index (χ3v) is 4.32. The van der Waals surface area contributed by atoms with Crippen molar-refractivity contribution < 1.29 is 14.3 Å². The second kappa shape index (κ2) is 7.70. The Morgan fingerprint density at radius 3 is 2.73 bits per heavy atom. The number of halogens is 1. The predicted molar refractivity (Wildman–Crippen MR) is 83.7 cm³/mol. The molecule has 122 valence electrons. The van der Waals surface area contributed by atoms with Crippen molar-refractivity contribution in [2.45, 2.75) is 44.9 Å². The lowest BCUT2D eigenvalue weighted by molar-refractivity contribution is -0.124. The average Bonchev–Trinajstić information content (AvgIpc) is 2.44. The normalized spacial score (nSPS) is 22.2. The van der Waals surface area contributed by atoms with Gasteiger partial charge in [-0.25, -0.2) is 4.39 Å². The summed E-state index contributed by atoms with van der Waals surface area (Å²) < 4.78 is 13.6. The fourth-order valence-electron chi connectivity index (χ4n) is 2.98. The Hall–Kier alpha value is -1.46. The van der Waals surface area contributed by atoms with E-state index < -0.39 is 0 Å². The van der Waals surface area contributed by atoms with Crippen molar-refractivity contribution in [3.8, 4) is 0 Å². The maximum atomic E-state index is 13.6. The zero-order valence-electron chi connectivity index (χ0n) is 13.3. The number of carbonyl (C=O) groups excluding carboxylic acids is 1. The molecule has 2 rings (SSSR count). The molecular weight excluding hydrogens is 283 g/mol. The molecule has 0 aromatic heterocycles. The number of nitrogens with zero attached hydrogens (tertiary/aromatic N) is 1. The molecule has 4 nitrogen and oxygen atoms in total. The van der Waals surface area contributed by atoms with Crippen LogP contribution < -0.4 is 5.32 Å². The number of amides is 1. The van der Waals surface area contributed by atoms with Crippen LogP contribution in [0.4, 0.5) is 4.39 Å². The first kappa shape index (κ1) is 16.9. The third kappa shape index (κ3) is 4.52. The highest BCUT2D eigenvalue weighted by atomic mass is 19.1. The summed E-state index contributed by atoms with van der Waals surface area (Å²) >= 11 is 0. The Kier molecular flexibility index (Phi) is 5.91. The summed E-state index contributed by atoms with van der Waals surface area (Å²) in [7, 11) is 1.81. The van der Waals surface area contributed by atoms with Crippen molar-refractivity contribution in [3.05, 3.63) is 35.6 Å². The van der Waals surface area contributed by atoms with Gasteiger partial charge >= 0.3 is 0 Å². The van der Waals surface area contributed by atoms with Crippen molar-refractivity contribution in [3.63, 3.8) is 0 Å². The van der Waals surface area contributed by atoms with Crippen LogP contribution in [0.1, 0.15) is 31.7 Å². The number of likely N-dealkylation sites (N-methyl/N-ethyl adjacent to an activating group) is 1. The number of hydrogen-bond acceptors (Lipinski definition) is 3. The molecule has 1 aliphatic rings. The van der Waals surface area contributed by atoms with Crippen LogP contribution in [-0.4, -0.2) is 41.7 Å². The van der Waals surface area contributed by atoms with E-state index in [1.165, 1.54) is 6.07 Å². The molecule has 22 heavy (non-hydrogen) atoms. The molecule has 0 bridgehead atoms. The van der Waals surface area contributed by atoms with E-state index in [2.05, 4.69) is 5.32 Å². The van der Waals surface area contributed by atoms with Gasteiger partial charge in [-0.05, 0) is 38.3 Å². The van der Waals surface area contributed by atoms with E-state index in [9.17, 15) is 14.3 Å². The number of aliphatic hydroxyl groups is 1. The van der Waals surface area contributed by atoms with Gasteiger partial charge in [0.2, 0.25) is 5.91 Å². The van der Waals surface area contributed by atoms with Crippen molar-refractivity contribution in [1.29, 1.82) is 0 Å². The molecule has 1 saturated carbocycles. The van der Waals surface area contributed by atoms with Crippen LogP contribution in [-0.2, 0) is 11.3 Å². The lowest BCUT2D eigenvalue weighted by atomic mass is 9.76. The number of rotatable bonds is 7. The standard InChI is InChI=1S/C17H25FN2O2/c1-3-16(13-8-14(21)9-13)19-17(22)11-20(2)10-12-6-4-5-7-15(12)18/h4-7,13-14,16,21H,3,8-11H2,1-2H3,(H,19,22). The number of benzene rings is 1. The third-order valence-electron chi connectivity index (χ3n) is 4.32. The Morgan fingerprint density at radius 1 is 1.45 bits per heavy atom. The topological polar surface area (TPSA) is 52.6 Å². The second-order valence-corrected chi connectivity index (χ2v) is 6.23. The van der Waals surface area contributed by atoms with Crippen LogP contribution in [0.15, 0.2) is 24.3 Å². The molecule has 0 radical (unpaired) electrons. The first-order valence-corrected chi connectivity index (χ1v) is 7.89. The Labute approximate surface area is 131 Å². The molecule has 1 unspecified atom stereocenters. The number of aliphatic hydroxyl groups excluding tert-OH is 1. The maximum Gasteiger partial charge on any atom is 0.234 e. The van der Waals surface area contributed by atoms with Gasteiger partial charge in [-0.15, -0.1) is 0 Å². The van der Waals surface area contributed by atoms with Crippen molar-refractivity contribution >= 4 is 5.91 Å². The molecule has 1 aliphatic carbocycles. The van der Waals surface area contributed by atoms with Gasteiger partial charge in [-0.1, -0.05) is 25.1 Å². The molecule has 5 heteroatoms. The SMILES string of the molecule is CCC(NC(=O)CN(C)Cc1ccccc1F)C1CC(O)C1. The Bertz CT molecular complexity index is 503. The van der Waals surface area contributed by atoms with E-state index in [1.807, 2.05) is 6.92 Å². The van der Waals surface area contributed by atoms with E-state index >= 15 is 0 Å². The Balaban J connectivity index is 1.79. The highest BCUT2D eigenvalue weighted by Gasteiger charge is 2.33. The van der Waals surface area contributed by atoms with E-state index in [4.69, 9.17) is 0 Å². The molecule has 1 aromatic carbocycles. The summed E-state index contributed by atoms with van der Waals surface area (Å²) in [4.78, 5) is 13.9. The van der Waals surface area contributed by atoms with Gasteiger partial charge in [-0.3, -0.25) is 9.69 Å². The zero-order chi connectivity index (χ0) is 16.1. The minimum atomic E-state index is -0.246. The van der Waals surface area contributed by atoms with Gasteiger partial charge in [0.1, 0.15) is 5.82 Å². The van der Waals surface area contributed by atoms with Crippen LogP contribution >= 0.6 is 0 Å². The summed E-state index contributed by atoms with van der Waals surface area (Å²) in [6, 6.07) is 6.73. The van der Waals surface area contributed by atoms with Gasteiger partial charge < -0.3 is 10.4 Å². The fraction of sp³-hybridized carbons (Fsp3) is 0.588. The van der Waals surface area contributed by atoms with Crippen LogP contribution in [0.25, 0.3) is 0 Å². The summed E-state index contributed by atoms with van der Waals surface area (Å²) in [5.41, 5.74) is 0.590. The van der Waals surface area contributed by atoms with Crippen molar-refractivity contribution in [2.24, 2.45) is 5.92 Å². The molecular formula is C17H25FN2O2. The van der Waals surface area contributed by atoms with Crippen LogP contribution in [0.2, 0.25) is 0 Å². The van der Waals surface area contributed by atoms with E-state index in [1.54, 1.807) is 30.1 Å². The fourth-order valence-corrected chi connectivity index (χ4v) is 2.98.